The summed E-state index contributed by atoms with van der Waals surface area (Å²) < 4.78 is 16.1. The highest BCUT2D eigenvalue weighted by Crippen LogP contribution is 2.33. The van der Waals surface area contributed by atoms with Gasteiger partial charge in [-0.1, -0.05) is 18.2 Å². The van der Waals surface area contributed by atoms with Gasteiger partial charge >= 0.3 is 0 Å². The van der Waals surface area contributed by atoms with Gasteiger partial charge in [-0.15, -0.1) is 0 Å². The van der Waals surface area contributed by atoms with Gasteiger partial charge in [-0.3, -0.25) is 4.68 Å². The van der Waals surface area contributed by atoms with Crippen molar-refractivity contribution in [3.63, 3.8) is 0 Å². The van der Waals surface area contributed by atoms with Crippen LogP contribution in [0, 0.1) is 5.82 Å². The summed E-state index contributed by atoms with van der Waals surface area (Å²) in [6.07, 6.45) is 6.91. The molecule has 0 aliphatic carbocycles. The molecule has 0 amide bonds. The number of hydrogen-bond acceptors (Lipinski definition) is 7. The Bertz CT molecular complexity index is 1460. The minimum Gasteiger partial charge on any atom is -0.379 e. The van der Waals surface area contributed by atoms with Crippen molar-refractivity contribution in [2.75, 3.05) is 5.73 Å². The van der Waals surface area contributed by atoms with Gasteiger partial charge in [-0.25, -0.2) is 24.3 Å². The summed E-state index contributed by atoms with van der Waals surface area (Å²) in [7, 11) is 1.82. The molecule has 5 aromatic rings. The maximum Gasteiger partial charge on any atom is 0.220 e. The zero-order chi connectivity index (χ0) is 22.5. The molecule has 10 heteroatoms. The molecule has 1 atom stereocenters. The molecule has 160 valence electrons. The number of nitrogen functional groups attached to an aromatic ring is 1. The second-order valence-electron chi connectivity index (χ2n) is 7.61. The van der Waals surface area contributed by atoms with Crippen molar-refractivity contribution in [1.29, 1.82) is 0 Å². The molecule has 0 saturated heterocycles. The lowest BCUT2D eigenvalue weighted by atomic mass is 9.91. The second-order valence-corrected chi connectivity index (χ2v) is 7.61. The molecule has 0 radical (unpaired) electrons. The molecule has 4 aromatic heterocycles. The molecule has 0 spiro atoms. The Hall–Kier alpha value is -4.18. The first-order valence-corrected chi connectivity index (χ1v) is 9.79. The fourth-order valence-corrected chi connectivity index (χ4v) is 3.63. The Morgan fingerprint density at radius 2 is 1.94 bits per heavy atom. The number of halogens is 1. The van der Waals surface area contributed by atoms with Crippen LogP contribution in [0.15, 0.2) is 55.1 Å². The van der Waals surface area contributed by atoms with Crippen LogP contribution >= 0.6 is 0 Å². The van der Waals surface area contributed by atoms with Crippen molar-refractivity contribution >= 4 is 17.1 Å². The zero-order valence-electron chi connectivity index (χ0n) is 17.3. The molecule has 0 aliphatic heterocycles. The molecule has 5 rings (SSSR count). The van der Waals surface area contributed by atoms with Gasteiger partial charge in [0.05, 0.1) is 29.5 Å². The largest absolute Gasteiger partial charge is 0.379 e. The number of fused-ring (bicyclic) bond motifs is 1. The predicted molar refractivity (Wildman–Crippen MR) is 117 cm³/mol. The number of aromatic amines is 1. The van der Waals surface area contributed by atoms with Crippen molar-refractivity contribution in [3.05, 3.63) is 72.2 Å². The molecule has 1 aromatic carbocycles. The molecule has 0 aliphatic rings. The number of rotatable bonds is 4. The maximum absolute atomic E-state index is 14.4. The normalized spacial score (nSPS) is 13.4. The molecule has 0 fully saturated rings. The molecule has 32 heavy (non-hydrogen) atoms. The number of aryl methyl sites for hydroxylation is 1. The number of nitrogens with one attached hydrogen (secondary N) is 1. The molecular weight excluding hydrogens is 411 g/mol. The lowest BCUT2D eigenvalue weighted by Gasteiger charge is -2.24. The van der Waals surface area contributed by atoms with Crippen LogP contribution < -0.4 is 5.73 Å². The second kappa shape index (κ2) is 7.20. The lowest BCUT2D eigenvalue weighted by Crippen LogP contribution is -2.26. The number of H-pyrrole nitrogens is 1. The van der Waals surface area contributed by atoms with Gasteiger partial charge in [0, 0.05) is 36.1 Å². The van der Waals surface area contributed by atoms with E-state index >= 15 is 0 Å². The molecule has 4 heterocycles. The first-order valence-electron chi connectivity index (χ1n) is 9.79. The monoisotopic (exact) mass is 430 g/mol. The number of aliphatic hydroxyl groups is 1. The van der Waals surface area contributed by atoms with Gasteiger partial charge in [0.1, 0.15) is 16.9 Å². The van der Waals surface area contributed by atoms with Crippen LogP contribution in [-0.4, -0.2) is 39.8 Å². The fourth-order valence-electron chi connectivity index (χ4n) is 3.63. The topological polar surface area (TPSA) is 131 Å². The number of aromatic nitrogens is 7. The van der Waals surface area contributed by atoms with Crippen molar-refractivity contribution < 1.29 is 9.50 Å². The number of anilines is 1. The van der Waals surface area contributed by atoms with Crippen LogP contribution in [0.3, 0.4) is 0 Å². The molecule has 0 saturated carbocycles. The van der Waals surface area contributed by atoms with Gasteiger partial charge < -0.3 is 15.8 Å². The van der Waals surface area contributed by atoms with Gasteiger partial charge in [-0.2, -0.15) is 5.10 Å². The maximum atomic E-state index is 14.4. The van der Waals surface area contributed by atoms with E-state index in [1.54, 1.807) is 41.5 Å². The third-order valence-corrected chi connectivity index (χ3v) is 5.30. The van der Waals surface area contributed by atoms with E-state index in [4.69, 9.17) is 10.7 Å². The number of nitrogens with two attached hydrogens (primary N) is 1. The highest BCUT2D eigenvalue weighted by Gasteiger charge is 2.31. The van der Waals surface area contributed by atoms with E-state index in [2.05, 4.69) is 25.0 Å². The predicted octanol–water partition coefficient (Wildman–Crippen LogP) is 2.79. The van der Waals surface area contributed by atoms with E-state index in [0.29, 0.717) is 28.1 Å². The molecule has 0 bridgehead atoms. The summed E-state index contributed by atoms with van der Waals surface area (Å²) in [5.41, 5.74) is 8.13. The summed E-state index contributed by atoms with van der Waals surface area (Å²) in [6.45, 7) is 1.46. The summed E-state index contributed by atoms with van der Waals surface area (Å²) in [5.74, 6) is -0.602. The Morgan fingerprint density at radius 1 is 1.12 bits per heavy atom. The minimum absolute atomic E-state index is 0.0557. The molecule has 0 unspecified atom stereocenters. The average Bonchev–Trinajstić information content (AvgIpc) is 3.39. The van der Waals surface area contributed by atoms with E-state index in [1.165, 1.54) is 19.1 Å². The summed E-state index contributed by atoms with van der Waals surface area (Å²) in [4.78, 5) is 20.7. The summed E-state index contributed by atoms with van der Waals surface area (Å²) >= 11 is 0. The number of nitrogens with zero attached hydrogens (tertiary/aromatic N) is 6. The van der Waals surface area contributed by atoms with E-state index < -0.39 is 11.4 Å². The smallest absolute Gasteiger partial charge is 0.220 e. The third kappa shape index (κ3) is 3.26. The van der Waals surface area contributed by atoms with Crippen molar-refractivity contribution in [3.8, 4) is 22.5 Å². The van der Waals surface area contributed by atoms with E-state index in [-0.39, 0.29) is 17.2 Å². The quantitative estimate of drug-likeness (QED) is 0.399. The molecular formula is C22H19FN8O. The van der Waals surface area contributed by atoms with E-state index in [1.807, 2.05) is 13.2 Å². The van der Waals surface area contributed by atoms with Crippen LogP contribution in [0.1, 0.15) is 18.2 Å². The van der Waals surface area contributed by atoms with Crippen LogP contribution in [0.25, 0.3) is 33.7 Å². The lowest BCUT2D eigenvalue weighted by molar-refractivity contribution is 0.0933. The van der Waals surface area contributed by atoms with Crippen LogP contribution in [0.5, 0.6) is 0 Å². The highest BCUT2D eigenvalue weighted by molar-refractivity contribution is 5.90. The van der Waals surface area contributed by atoms with Gasteiger partial charge in [0.2, 0.25) is 5.95 Å². The number of hydrogen-bond donors (Lipinski definition) is 3. The summed E-state index contributed by atoms with van der Waals surface area (Å²) in [6, 6.07) is 7.56. The van der Waals surface area contributed by atoms with Crippen molar-refractivity contribution in [2.45, 2.75) is 12.5 Å². The van der Waals surface area contributed by atoms with Crippen molar-refractivity contribution in [1.82, 2.24) is 34.7 Å². The standard InChI is InChI=1S/C22H19FN8O/c1-22(32,14-5-3-4-6-15(14)23)18-7-16(29-21(24)30-18)13-9-25-20-19(13)28-17(10-26-20)12-8-27-31(2)11-12/h3-11,32H,1-2H3,(H,25,26)(H2,24,29,30)/t22-/m0/s1. The van der Waals surface area contributed by atoms with Gasteiger partial charge in [-0.05, 0) is 19.1 Å². The molecule has 4 N–H and O–H groups in total. The van der Waals surface area contributed by atoms with E-state index in [0.717, 1.165) is 5.56 Å². The van der Waals surface area contributed by atoms with Crippen LogP contribution in [-0.2, 0) is 12.6 Å². The highest BCUT2D eigenvalue weighted by atomic mass is 19.1. The Labute approximate surface area is 181 Å². The molecule has 9 nitrogen and oxygen atoms in total. The third-order valence-electron chi connectivity index (χ3n) is 5.30. The zero-order valence-corrected chi connectivity index (χ0v) is 17.3. The number of benzene rings is 1. The van der Waals surface area contributed by atoms with Crippen LogP contribution in [0.4, 0.5) is 10.3 Å². The van der Waals surface area contributed by atoms with Crippen molar-refractivity contribution in [2.24, 2.45) is 7.05 Å². The first-order chi connectivity index (χ1) is 15.3. The Kier molecular flexibility index (Phi) is 4.45. The SMILES string of the molecule is Cn1cc(-c2cnc3[nH]cc(-c4cc([C@@](C)(O)c5ccccc5F)nc(N)n4)c3n2)cn1. The Morgan fingerprint density at radius 3 is 2.69 bits per heavy atom. The van der Waals surface area contributed by atoms with E-state index in [9.17, 15) is 9.50 Å². The van der Waals surface area contributed by atoms with Gasteiger partial charge in [0.25, 0.3) is 0 Å². The van der Waals surface area contributed by atoms with Gasteiger partial charge in [0.15, 0.2) is 5.65 Å². The Balaban J connectivity index is 1.64. The minimum atomic E-state index is -1.73. The average molecular weight is 430 g/mol. The fraction of sp³-hybridized carbons (Fsp3) is 0.136. The summed E-state index contributed by atoms with van der Waals surface area (Å²) in [5, 5.41) is 15.3. The first kappa shape index (κ1) is 19.8. The van der Waals surface area contributed by atoms with Crippen LogP contribution in [0.2, 0.25) is 0 Å².